The van der Waals surface area contributed by atoms with Gasteiger partial charge in [-0.05, 0) is 25.5 Å². The number of fused-ring (bicyclic) bond motifs is 1. The van der Waals surface area contributed by atoms with Gasteiger partial charge in [0.05, 0.1) is 23.1 Å². The predicted octanol–water partition coefficient (Wildman–Crippen LogP) is 2.97. The lowest BCUT2D eigenvalue weighted by atomic mass is 10.1. The number of hydrogen-bond donors (Lipinski definition) is 0. The molecule has 7 heteroatoms. The maximum Gasteiger partial charge on any atom is 0.344 e. The number of pyridine rings is 1. The van der Waals surface area contributed by atoms with Gasteiger partial charge in [0.25, 0.3) is 0 Å². The molecule has 0 fully saturated rings. The molecule has 0 amide bonds. The van der Waals surface area contributed by atoms with Gasteiger partial charge in [0, 0.05) is 18.4 Å². The van der Waals surface area contributed by atoms with Crippen LogP contribution in [0.3, 0.4) is 0 Å². The minimum atomic E-state index is -0.692. The number of hydrogen-bond acceptors (Lipinski definition) is 6. The molecule has 2 rings (SSSR count). The zero-order chi connectivity index (χ0) is 20.7. The molecular formula is C21H22N2O5. The highest BCUT2D eigenvalue weighted by molar-refractivity contribution is 6.37. The highest BCUT2D eigenvalue weighted by Crippen LogP contribution is 2.32. The molecule has 0 radical (unpaired) electrons. The number of ketones is 1. The van der Waals surface area contributed by atoms with E-state index in [9.17, 15) is 14.4 Å². The number of esters is 1. The normalized spacial score (nSPS) is 10.8. The van der Waals surface area contributed by atoms with E-state index in [1.54, 1.807) is 38.1 Å². The zero-order valence-electron chi connectivity index (χ0n) is 15.9. The maximum absolute atomic E-state index is 12.3. The quantitative estimate of drug-likeness (QED) is 0.206. The molecule has 0 saturated carbocycles. The third kappa shape index (κ3) is 4.43. The molecule has 0 aliphatic rings. The molecule has 2 heterocycles. The van der Waals surface area contributed by atoms with Crippen LogP contribution in [0.15, 0.2) is 49.2 Å². The Morgan fingerprint density at radius 3 is 2.75 bits per heavy atom. The summed E-state index contributed by atoms with van der Waals surface area (Å²) in [4.78, 5) is 39.3. The Hall–Kier alpha value is -3.48. The summed E-state index contributed by atoms with van der Waals surface area (Å²) in [5, 5.41) is 0.377. The van der Waals surface area contributed by atoms with Crippen LogP contribution >= 0.6 is 0 Å². The van der Waals surface area contributed by atoms with E-state index in [2.05, 4.69) is 18.1 Å². The molecular weight excluding hydrogens is 360 g/mol. The topological polar surface area (TPSA) is 87.5 Å². The molecule has 0 N–H and O–H groups in total. The number of allylic oxidation sites excluding steroid dienone is 4. The van der Waals surface area contributed by atoms with Gasteiger partial charge in [-0.25, -0.2) is 9.78 Å². The Morgan fingerprint density at radius 2 is 2.11 bits per heavy atom. The molecule has 0 aliphatic heterocycles. The lowest BCUT2D eigenvalue weighted by Crippen LogP contribution is -2.15. The van der Waals surface area contributed by atoms with Crippen molar-refractivity contribution < 1.29 is 23.9 Å². The van der Waals surface area contributed by atoms with Gasteiger partial charge in [-0.2, -0.15) is 0 Å². The summed E-state index contributed by atoms with van der Waals surface area (Å²) in [6.45, 7) is 11.3. The largest absolute Gasteiger partial charge is 0.465 e. The van der Waals surface area contributed by atoms with Crippen LogP contribution in [0.5, 0.6) is 5.88 Å². The molecule has 0 aromatic carbocycles. The second kappa shape index (κ2) is 9.45. The van der Waals surface area contributed by atoms with Gasteiger partial charge >= 0.3 is 5.97 Å². The van der Waals surface area contributed by atoms with E-state index < -0.39 is 11.8 Å². The summed E-state index contributed by atoms with van der Waals surface area (Å²) >= 11 is 0. The summed E-state index contributed by atoms with van der Waals surface area (Å²) < 4.78 is 12.2. The van der Waals surface area contributed by atoms with Crippen molar-refractivity contribution in [2.75, 3.05) is 13.2 Å². The fraction of sp³-hybridized carbons (Fsp3) is 0.238. The Bertz CT molecular complexity index is 969. The van der Waals surface area contributed by atoms with Crippen LogP contribution in [0.1, 0.15) is 23.0 Å². The van der Waals surface area contributed by atoms with E-state index in [1.807, 2.05) is 4.57 Å². The Morgan fingerprint density at radius 1 is 1.36 bits per heavy atom. The fourth-order valence-corrected chi connectivity index (χ4v) is 2.85. The number of Topliss-reactive ketones (excluding diaryl/α,β-unsaturated/α-hetero) is 1. The van der Waals surface area contributed by atoms with E-state index >= 15 is 0 Å². The minimum Gasteiger partial charge on any atom is -0.465 e. The molecule has 28 heavy (non-hydrogen) atoms. The molecule has 0 atom stereocenters. The molecule has 2 aromatic heterocycles. The van der Waals surface area contributed by atoms with E-state index in [0.717, 1.165) is 5.57 Å². The van der Waals surface area contributed by atoms with Crippen LogP contribution in [0.2, 0.25) is 0 Å². The van der Waals surface area contributed by atoms with Gasteiger partial charge in [0.15, 0.2) is 12.9 Å². The third-order valence-corrected chi connectivity index (χ3v) is 4.02. The van der Waals surface area contributed by atoms with Gasteiger partial charge in [-0.1, -0.05) is 31.4 Å². The summed E-state index contributed by atoms with van der Waals surface area (Å²) in [6.07, 6.45) is 6.96. The monoisotopic (exact) mass is 382 g/mol. The van der Waals surface area contributed by atoms with Crippen LogP contribution in [0.25, 0.3) is 10.9 Å². The molecule has 7 nitrogen and oxygen atoms in total. The van der Waals surface area contributed by atoms with Crippen LogP contribution in [0, 0.1) is 6.92 Å². The Balaban J connectivity index is 2.57. The molecule has 0 aliphatic carbocycles. The lowest BCUT2D eigenvalue weighted by Gasteiger charge is -2.09. The van der Waals surface area contributed by atoms with Crippen molar-refractivity contribution in [1.82, 2.24) is 9.55 Å². The van der Waals surface area contributed by atoms with E-state index in [4.69, 9.17) is 9.47 Å². The van der Waals surface area contributed by atoms with Gasteiger partial charge in [0.2, 0.25) is 11.7 Å². The summed E-state index contributed by atoms with van der Waals surface area (Å²) in [5.74, 6) is -1.16. The third-order valence-electron chi connectivity index (χ3n) is 4.02. The van der Waals surface area contributed by atoms with E-state index in [-0.39, 0.29) is 30.9 Å². The van der Waals surface area contributed by atoms with Crippen molar-refractivity contribution in [3.8, 4) is 5.88 Å². The van der Waals surface area contributed by atoms with Crippen LogP contribution < -0.4 is 4.74 Å². The molecule has 2 aromatic rings. The molecule has 0 saturated heterocycles. The van der Waals surface area contributed by atoms with Crippen LogP contribution in [-0.2, 0) is 20.9 Å². The van der Waals surface area contributed by atoms with Crippen molar-refractivity contribution in [3.63, 3.8) is 0 Å². The number of nitrogens with zero attached hydrogens (tertiary/aromatic N) is 2. The second-order valence-corrected chi connectivity index (χ2v) is 5.89. The fourth-order valence-electron chi connectivity index (χ4n) is 2.85. The molecule has 0 bridgehead atoms. The van der Waals surface area contributed by atoms with Gasteiger partial charge in [-0.3, -0.25) is 9.59 Å². The van der Waals surface area contributed by atoms with Crippen molar-refractivity contribution in [2.24, 2.45) is 0 Å². The van der Waals surface area contributed by atoms with Crippen LogP contribution in [-0.4, -0.2) is 40.8 Å². The van der Waals surface area contributed by atoms with Crippen molar-refractivity contribution in [2.45, 2.75) is 20.4 Å². The molecule has 0 unspecified atom stereocenters. The number of carbonyl (C=O) groups is 3. The highest BCUT2D eigenvalue weighted by atomic mass is 16.6. The molecule has 146 valence electrons. The van der Waals surface area contributed by atoms with Gasteiger partial charge in [-0.15, -0.1) is 0 Å². The summed E-state index contributed by atoms with van der Waals surface area (Å²) in [6, 6.07) is 1.71. The Kier molecular flexibility index (Phi) is 7.03. The average Bonchev–Trinajstić information content (AvgIpc) is 2.96. The lowest BCUT2D eigenvalue weighted by molar-refractivity contribution is -0.145. The number of ether oxygens (including phenoxy) is 2. The first-order chi connectivity index (χ1) is 13.4. The van der Waals surface area contributed by atoms with Crippen molar-refractivity contribution in [1.29, 1.82) is 0 Å². The first-order valence-corrected chi connectivity index (χ1v) is 8.67. The number of carbonyl (C=O) groups excluding carboxylic acids is 3. The SMILES string of the molecule is C=C/C=C\C(=C)Cn1c(C)c(C(=O)C=O)c2c(OCC(=O)OCC)nccc21. The van der Waals surface area contributed by atoms with Crippen molar-refractivity contribution >= 4 is 28.9 Å². The summed E-state index contributed by atoms with van der Waals surface area (Å²) in [7, 11) is 0. The summed E-state index contributed by atoms with van der Waals surface area (Å²) in [5.41, 5.74) is 2.19. The van der Waals surface area contributed by atoms with Crippen molar-refractivity contribution in [3.05, 3.63) is 60.5 Å². The average molecular weight is 382 g/mol. The standard InChI is InChI=1S/C21H22N2O5/c1-5-7-8-14(3)11-23-15(4)19(17(25)12-24)20-16(23)9-10-22-21(20)28-13-18(26)27-6-2/h5,7-10,12H,1,3,6,11,13H2,2,4H3/b8-7-. The van der Waals surface area contributed by atoms with Gasteiger partial charge < -0.3 is 14.0 Å². The first-order valence-electron chi connectivity index (χ1n) is 8.67. The first kappa shape index (κ1) is 20.8. The van der Waals surface area contributed by atoms with E-state index in [1.165, 1.54) is 6.20 Å². The Labute approximate surface area is 163 Å². The second-order valence-electron chi connectivity index (χ2n) is 5.89. The maximum atomic E-state index is 12.3. The van der Waals surface area contributed by atoms with E-state index in [0.29, 0.717) is 23.1 Å². The predicted molar refractivity (Wildman–Crippen MR) is 105 cm³/mol. The smallest absolute Gasteiger partial charge is 0.344 e. The minimum absolute atomic E-state index is 0.0878. The number of aromatic nitrogens is 2. The highest BCUT2D eigenvalue weighted by Gasteiger charge is 2.24. The van der Waals surface area contributed by atoms with Crippen LogP contribution in [0.4, 0.5) is 0 Å². The number of aldehydes is 1. The number of rotatable bonds is 10. The zero-order valence-corrected chi connectivity index (χ0v) is 15.9. The molecule has 0 spiro atoms. The van der Waals surface area contributed by atoms with Gasteiger partial charge in [0.1, 0.15) is 0 Å².